The van der Waals surface area contributed by atoms with Crippen molar-refractivity contribution in [2.24, 2.45) is 0 Å². The summed E-state index contributed by atoms with van der Waals surface area (Å²) in [6, 6.07) is 10.9. The number of hydrogen-bond donors (Lipinski definition) is 2. The quantitative estimate of drug-likeness (QED) is 0.738. The topological polar surface area (TPSA) is 47.6 Å². The molecule has 1 heterocycles. The van der Waals surface area contributed by atoms with Gasteiger partial charge in [0, 0.05) is 37.4 Å². The SMILES string of the molecule is CCN1CCN(c2ccc(NC(=S)NC(=O)c3ccc(F)cc3)cc2Cl)CC1. The predicted molar refractivity (Wildman–Crippen MR) is 116 cm³/mol. The minimum Gasteiger partial charge on any atom is -0.368 e. The van der Waals surface area contributed by atoms with Crippen LogP contribution in [0.4, 0.5) is 15.8 Å². The van der Waals surface area contributed by atoms with Gasteiger partial charge in [-0.15, -0.1) is 0 Å². The summed E-state index contributed by atoms with van der Waals surface area (Å²) in [5.41, 5.74) is 2.00. The average molecular weight is 421 g/mol. The third kappa shape index (κ3) is 5.19. The Morgan fingerprint density at radius 3 is 2.43 bits per heavy atom. The van der Waals surface area contributed by atoms with Gasteiger partial charge in [-0.05, 0) is 61.2 Å². The zero-order valence-electron chi connectivity index (χ0n) is 15.5. The Morgan fingerprint density at radius 1 is 1.14 bits per heavy atom. The van der Waals surface area contributed by atoms with E-state index < -0.39 is 11.7 Å². The van der Waals surface area contributed by atoms with Gasteiger partial charge in [-0.2, -0.15) is 0 Å². The summed E-state index contributed by atoms with van der Waals surface area (Å²) < 4.78 is 13.0. The highest BCUT2D eigenvalue weighted by atomic mass is 35.5. The molecule has 5 nitrogen and oxygen atoms in total. The van der Waals surface area contributed by atoms with Crippen LogP contribution in [-0.2, 0) is 0 Å². The van der Waals surface area contributed by atoms with Crippen molar-refractivity contribution in [1.82, 2.24) is 10.2 Å². The zero-order chi connectivity index (χ0) is 20.1. The number of benzene rings is 2. The molecule has 0 saturated carbocycles. The highest BCUT2D eigenvalue weighted by Crippen LogP contribution is 2.29. The van der Waals surface area contributed by atoms with Crippen molar-refractivity contribution in [2.75, 3.05) is 42.9 Å². The first-order chi connectivity index (χ1) is 13.5. The van der Waals surface area contributed by atoms with Crippen LogP contribution in [0.3, 0.4) is 0 Å². The predicted octanol–water partition coefficient (Wildman–Crippen LogP) is 3.75. The lowest BCUT2D eigenvalue weighted by Gasteiger charge is -2.36. The standard InChI is InChI=1S/C20H22ClFN4OS/c1-2-25-9-11-26(12-10-25)18-8-7-16(13-17(18)21)23-20(28)24-19(27)14-3-5-15(22)6-4-14/h3-8,13H,2,9-12H2,1H3,(H2,23,24,27,28). The number of nitrogens with one attached hydrogen (secondary N) is 2. The molecule has 2 aromatic rings. The fourth-order valence-corrected chi connectivity index (χ4v) is 3.60. The minimum atomic E-state index is -0.408. The van der Waals surface area contributed by atoms with Crippen molar-refractivity contribution in [1.29, 1.82) is 0 Å². The number of anilines is 2. The van der Waals surface area contributed by atoms with Gasteiger partial charge >= 0.3 is 0 Å². The first-order valence-electron chi connectivity index (χ1n) is 9.11. The molecule has 1 aliphatic heterocycles. The van der Waals surface area contributed by atoms with Crippen molar-refractivity contribution in [3.63, 3.8) is 0 Å². The highest BCUT2D eigenvalue weighted by Gasteiger charge is 2.18. The Morgan fingerprint density at radius 2 is 1.82 bits per heavy atom. The number of thiocarbonyl (C=S) groups is 1. The minimum absolute atomic E-state index is 0.148. The number of hydrogen-bond acceptors (Lipinski definition) is 4. The lowest BCUT2D eigenvalue weighted by atomic mass is 10.2. The molecule has 0 radical (unpaired) electrons. The van der Waals surface area contributed by atoms with Gasteiger partial charge in [-0.3, -0.25) is 10.1 Å². The van der Waals surface area contributed by atoms with Gasteiger partial charge in [0.15, 0.2) is 5.11 Å². The summed E-state index contributed by atoms with van der Waals surface area (Å²) in [4.78, 5) is 16.8. The highest BCUT2D eigenvalue weighted by molar-refractivity contribution is 7.80. The maximum Gasteiger partial charge on any atom is 0.257 e. The van der Waals surface area contributed by atoms with E-state index in [1.807, 2.05) is 12.1 Å². The van der Waals surface area contributed by atoms with Crippen LogP contribution in [0.1, 0.15) is 17.3 Å². The smallest absolute Gasteiger partial charge is 0.257 e. The largest absolute Gasteiger partial charge is 0.368 e. The summed E-state index contributed by atoms with van der Waals surface area (Å²) in [5.74, 6) is -0.808. The van der Waals surface area contributed by atoms with Gasteiger partial charge in [0.2, 0.25) is 0 Å². The van der Waals surface area contributed by atoms with Gasteiger partial charge in [0.1, 0.15) is 5.82 Å². The molecule has 1 fully saturated rings. The molecule has 3 rings (SSSR count). The first kappa shape index (κ1) is 20.5. The van der Waals surface area contributed by atoms with E-state index >= 15 is 0 Å². The lowest BCUT2D eigenvalue weighted by Crippen LogP contribution is -2.46. The molecule has 0 aliphatic carbocycles. The maximum atomic E-state index is 13.0. The van der Waals surface area contributed by atoms with E-state index in [-0.39, 0.29) is 5.11 Å². The van der Waals surface area contributed by atoms with E-state index in [0.29, 0.717) is 16.3 Å². The van der Waals surface area contributed by atoms with E-state index in [2.05, 4.69) is 27.4 Å². The molecule has 0 unspecified atom stereocenters. The van der Waals surface area contributed by atoms with Crippen molar-refractivity contribution in [3.05, 3.63) is 58.9 Å². The summed E-state index contributed by atoms with van der Waals surface area (Å²) in [6.07, 6.45) is 0. The summed E-state index contributed by atoms with van der Waals surface area (Å²) >= 11 is 11.7. The van der Waals surface area contributed by atoms with Gasteiger partial charge < -0.3 is 15.1 Å². The summed E-state index contributed by atoms with van der Waals surface area (Å²) in [6.45, 7) is 7.14. The van der Waals surface area contributed by atoms with Crippen LogP contribution in [0.15, 0.2) is 42.5 Å². The molecule has 0 bridgehead atoms. The van der Waals surface area contributed by atoms with Crippen LogP contribution in [0, 0.1) is 5.82 Å². The molecule has 8 heteroatoms. The molecule has 148 valence electrons. The Kier molecular flexibility index (Phi) is 6.83. The van der Waals surface area contributed by atoms with Gasteiger partial charge in [-0.25, -0.2) is 4.39 Å². The van der Waals surface area contributed by atoms with E-state index in [1.165, 1.54) is 24.3 Å². The third-order valence-electron chi connectivity index (χ3n) is 4.70. The number of amides is 1. The number of rotatable bonds is 4. The molecule has 0 aromatic heterocycles. The van der Waals surface area contributed by atoms with Crippen LogP contribution >= 0.6 is 23.8 Å². The number of likely N-dealkylation sites (N-methyl/N-ethyl adjacent to an activating group) is 1. The Hall–Kier alpha value is -2.22. The summed E-state index contributed by atoms with van der Waals surface area (Å²) in [7, 11) is 0. The molecular formula is C20H22ClFN4OS. The molecule has 1 amide bonds. The Bertz CT molecular complexity index is 854. The molecule has 2 aromatic carbocycles. The van der Waals surface area contributed by atoms with Crippen LogP contribution in [0.25, 0.3) is 0 Å². The fraction of sp³-hybridized carbons (Fsp3) is 0.300. The van der Waals surface area contributed by atoms with E-state index in [4.69, 9.17) is 23.8 Å². The van der Waals surface area contributed by atoms with Gasteiger partial charge in [0.05, 0.1) is 10.7 Å². The van der Waals surface area contributed by atoms with Crippen molar-refractivity contribution in [2.45, 2.75) is 6.92 Å². The van der Waals surface area contributed by atoms with E-state index in [9.17, 15) is 9.18 Å². The third-order valence-corrected chi connectivity index (χ3v) is 5.21. The lowest BCUT2D eigenvalue weighted by molar-refractivity contribution is 0.0977. The zero-order valence-corrected chi connectivity index (χ0v) is 17.1. The van der Waals surface area contributed by atoms with Crippen LogP contribution < -0.4 is 15.5 Å². The fourth-order valence-electron chi connectivity index (χ4n) is 3.09. The number of carbonyl (C=O) groups is 1. The van der Waals surface area contributed by atoms with Crippen LogP contribution in [0.5, 0.6) is 0 Å². The number of piperazine rings is 1. The molecule has 1 aliphatic rings. The number of halogens is 2. The Labute approximate surface area is 174 Å². The first-order valence-corrected chi connectivity index (χ1v) is 9.89. The summed E-state index contributed by atoms with van der Waals surface area (Å²) in [5, 5.41) is 6.30. The molecule has 1 saturated heterocycles. The average Bonchev–Trinajstić information content (AvgIpc) is 2.68. The maximum absolute atomic E-state index is 13.0. The molecule has 28 heavy (non-hydrogen) atoms. The Balaban J connectivity index is 1.58. The second-order valence-corrected chi connectivity index (χ2v) is 7.32. The number of nitrogens with zero attached hydrogens (tertiary/aromatic N) is 2. The van der Waals surface area contributed by atoms with Crippen LogP contribution in [0.2, 0.25) is 5.02 Å². The van der Waals surface area contributed by atoms with Crippen LogP contribution in [-0.4, -0.2) is 48.6 Å². The van der Waals surface area contributed by atoms with Gasteiger partial charge in [-0.1, -0.05) is 18.5 Å². The van der Waals surface area contributed by atoms with E-state index in [0.717, 1.165) is 38.4 Å². The normalized spacial score (nSPS) is 14.6. The van der Waals surface area contributed by atoms with Crippen molar-refractivity contribution >= 4 is 46.2 Å². The van der Waals surface area contributed by atoms with E-state index in [1.54, 1.807) is 6.07 Å². The monoisotopic (exact) mass is 420 g/mol. The molecule has 2 N–H and O–H groups in total. The van der Waals surface area contributed by atoms with Gasteiger partial charge in [0.25, 0.3) is 5.91 Å². The van der Waals surface area contributed by atoms with Crippen molar-refractivity contribution in [3.8, 4) is 0 Å². The van der Waals surface area contributed by atoms with Crippen molar-refractivity contribution < 1.29 is 9.18 Å². The molecule has 0 atom stereocenters. The molecular weight excluding hydrogens is 399 g/mol. The second-order valence-electron chi connectivity index (χ2n) is 6.50. The molecule has 0 spiro atoms. The number of carbonyl (C=O) groups excluding carboxylic acids is 1. The second kappa shape index (κ2) is 9.32.